The van der Waals surface area contributed by atoms with Gasteiger partial charge in [-0.2, -0.15) is 0 Å². The molecule has 0 aliphatic heterocycles. The zero-order valence-electron chi connectivity index (χ0n) is 6.62. The second kappa shape index (κ2) is 3.72. The van der Waals surface area contributed by atoms with Crippen LogP contribution in [0.25, 0.3) is 0 Å². The summed E-state index contributed by atoms with van der Waals surface area (Å²) in [6, 6.07) is 0. The molecule has 3 nitrogen and oxygen atoms in total. The van der Waals surface area contributed by atoms with Gasteiger partial charge in [0.05, 0.1) is 0 Å². The van der Waals surface area contributed by atoms with Crippen LogP contribution >= 0.6 is 0 Å². The van der Waals surface area contributed by atoms with Crippen molar-refractivity contribution >= 4 is 5.91 Å². The minimum Gasteiger partial charge on any atom is -0.396 e. The Bertz CT molecular complexity index is 147. The molecule has 11 heavy (non-hydrogen) atoms. The molecule has 3 heteroatoms. The fourth-order valence-electron chi connectivity index (χ4n) is 1.80. The highest BCUT2D eigenvalue weighted by Crippen LogP contribution is 2.29. The van der Waals surface area contributed by atoms with Crippen LogP contribution in [0.4, 0.5) is 0 Å². The van der Waals surface area contributed by atoms with E-state index < -0.39 is 0 Å². The van der Waals surface area contributed by atoms with Crippen LogP contribution in [-0.2, 0) is 4.79 Å². The van der Waals surface area contributed by atoms with Crippen molar-refractivity contribution in [1.29, 1.82) is 0 Å². The van der Waals surface area contributed by atoms with E-state index in [9.17, 15) is 4.79 Å². The Morgan fingerprint density at radius 1 is 1.45 bits per heavy atom. The van der Waals surface area contributed by atoms with Gasteiger partial charge < -0.3 is 10.8 Å². The molecule has 0 spiro atoms. The van der Waals surface area contributed by atoms with Crippen molar-refractivity contribution in [1.82, 2.24) is 0 Å². The van der Waals surface area contributed by atoms with E-state index in [-0.39, 0.29) is 24.3 Å². The molecule has 0 bridgehead atoms. The molecular weight excluding hydrogens is 142 g/mol. The summed E-state index contributed by atoms with van der Waals surface area (Å²) in [5, 5.41) is 8.90. The van der Waals surface area contributed by atoms with E-state index in [4.69, 9.17) is 10.8 Å². The van der Waals surface area contributed by atoms with Gasteiger partial charge >= 0.3 is 0 Å². The summed E-state index contributed by atoms with van der Waals surface area (Å²) in [6.45, 7) is 0.105. The Kier molecular flexibility index (Phi) is 2.88. The standard InChI is InChI=1S/C8H15NO2/c9-8(11)7-4-2-1-3-6(7)5-10/h6-7,10H,1-5H2,(H2,9,11)/t6-,7-/m0/s1. The summed E-state index contributed by atoms with van der Waals surface area (Å²) in [7, 11) is 0. The van der Waals surface area contributed by atoms with Gasteiger partial charge in [-0.3, -0.25) is 4.79 Å². The van der Waals surface area contributed by atoms with Crippen LogP contribution in [-0.4, -0.2) is 17.6 Å². The van der Waals surface area contributed by atoms with E-state index in [1.54, 1.807) is 0 Å². The number of hydrogen-bond acceptors (Lipinski definition) is 2. The third-order valence-electron chi connectivity index (χ3n) is 2.51. The number of nitrogens with two attached hydrogens (primary N) is 1. The lowest BCUT2D eigenvalue weighted by Crippen LogP contribution is -2.34. The molecule has 1 rings (SSSR count). The summed E-state index contributed by atoms with van der Waals surface area (Å²) >= 11 is 0. The molecule has 0 radical (unpaired) electrons. The first-order chi connectivity index (χ1) is 5.25. The minimum atomic E-state index is -0.247. The van der Waals surface area contributed by atoms with Crippen molar-refractivity contribution in [3.05, 3.63) is 0 Å². The largest absolute Gasteiger partial charge is 0.396 e. The van der Waals surface area contributed by atoms with Gasteiger partial charge in [0.15, 0.2) is 0 Å². The summed E-state index contributed by atoms with van der Waals surface area (Å²) in [5.41, 5.74) is 5.18. The van der Waals surface area contributed by atoms with E-state index in [0.717, 1.165) is 25.7 Å². The topological polar surface area (TPSA) is 63.3 Å². The van der Waals surface area contributed by atoms with Crippen LogP contribution in [0.5, 0.6) is 0 Å². The van der Waals surface area contributed by atoms with Gasteiger partial charge in [0.25, 0.3) is 0 Å². The molecule has 1 aliphatic rings. The van der Waals surface area contributed by atoms with Gasteiger partial charge in [-0.1, -0.05) is 12.8 Å². The van der Waals surface area contributed by atoms with Crippen LogP contribution in [0.2, 0.25) is 0 Å². The van der Waals surface area contributed by atoms with Crippen LogP contribution in [0.15, 0.2) is 0 Å². The Balaban J connectivity index is 2.51. The van der Waals surface area contributed by atoms with Crippen LogP contribution in [0.1, 0.15) is 25.7 Å². The van der Waals surface area contributed by atoms with Gasteiger partial charge in [0.1, 0.15) is 0 Å². The predicted molar refractivity (Wildman–Crippen MR) is 41.7 cm³/mol. The molecule has 1 saturated carbocycles. The first-order valence-corrected chi connectivity index (χ1v) is 4.16. The third kappa shape index (κ3) is 1.93. The molecule has 0 unspecified atom stereocenters. The lowest BCUT2D eigenvalue weighted by atomic mass is 9.79. The quantitative estimate of drug-likeness (QED) is 0.604. The summed E-state index contributed by atoms with van der Waals surface area (Å²) in [4.78, 5) is 10.8. The smallest absolute Gasteiger partial charge is 0.220 e. The maximum atomic E-state index is 10.8. The third-order valence-corrected chi connectivity index (χ3v) is 2.51. The van der Waals surface area contributed by atoms with E-state index >= 15 is 0 Å². The minimum absolute atomic E-state index is 0.0752. The van der Waals surface area contributed by atoms with Crippen LogP contribution in [0.3, 0.4) is 0 Å². The van der Waals surface area contributed by atoms with Gasteiger partial charge in [-0.15, -0.1) is 0 Å². The highest BCUT2D eigenvalue weighted by molar-refractivity contribution is 5.77. The van der Waals surface area contributed by atoms with Crippen molar-refractivity contribution in [3.63, 3.8) is 0 Å². The highest BCUT2D eigenvalue weighted by Gasteiger charge is 2.28. The number of carbonyl (C=O) groups excluding carboxylic acids is 1. The number of carbonyl (C=O) groups is 1. The van der Waals surface area contributed by atoms with Crippen molar-refractivity contribution in [2.45, 2.75) is 25.7 Å². The number of primary amides is 1. The fourth-order valence-corrected chi connectivity index (χ4v) is 1.80. The number of rotatable bonds is 2. The van der Waals surface area contributed by atoms with Crippen molar-refractivity contribution in [3.8, 4) is 0 Å². The SMILES string of the molecule is NC(=O)[C@H]1CCCC[C@H]1CO. The van der Waals surface area contributed by atoms with Crippen LogP contribution in [0, 0.1) is 11.8 Å². The van der Waals surface area contributed by atoms with E-state index in [2.05, 4.69) is 0 Å². The monoisotopic (exact) mass is 157 g/mol. The van der Waals surface area contributed by atoms with Gasteiger partial charge in [0, 0.05) is 12.5 Å². The molecule has 0 heterocycles. The van der Waals surface area contributed by atoms with E-state index in [1.807, 2.05) is 0 Å². The Hall–Kier alpha value is -0.570. The maximum absolute atomic E-state index is 10.8. The highest BCUT2D eigenvalue weighted by atomic mass is 16.3. The second-order valence-electron chi connectivity index (χ2n) is 3.24. The number of hydrogen-bond donors (Lipinski definition) is 2. The average Bonchev–Trinajstić information content (AvgIpc) is 2.04. The number of aliphatic hydroxyl groups is 1. The lowest BCUT2D eigenvalue weighted by molar-refractivity contribution is -0.125. The van der Waals surface area contributed by atoms with Gasteiger partial charge in [-0.05, 0) is 18.8 Å². The zero-order chi connectivity index (χ0) is 8.27. The molecule has 1 aliphatic carbocycles. The number of aliphatic hydroxyl groups excluding tert-OH is 1. The van der Waals surface area contributed by atoms with Gasteiger partial charge in [0.2, 0.25) is 5.91 Å². The van der Waals surface area contributed by atoms with E-state index in [1.165, 1.54) is 0 Å². The Labute approximate surface area is 66.6 Å². The maximum Gasteiger partial charge on any atom is 0.220 e. The predicted octanol–water partition coefficient (Wildman–Crippen LogP) is 0.270. The van der Waals surface area contributed by atoms with Gasteiger partial charge in [-0.25, -0.2) is 0 Å². The lowest BCUT2D eigenvalue weighted by Gasteiger charge is -2.27. The number of amides is 1. The van der Waals surface area contributed by atoms with Crippen molar-refractivity contribution in [2.75, 3.05) is 6.61 Å². The summed E-state index contributed by atoms with van der Waals surface area (Å²) in [6.07, 6.45) is 4.00. The average molecular weight is 157 g/mol. The zero-order valence-corrected chi connectivity index (χ0v) is 6.62. The Morgan fingerprint density at radius 2 is 2.09 bits per heavy atom. The molecule has 0 aromatic rings. The fraction of sp³-hybridized carbons (Fsp3) is 0.875. The molecule has 3 N–H and O–H groups in total. The molecule has 1 fully saturated rings. The first kappa shape index (κ1) is 8.53. The molecule has 64 valence electrons. The second-order valence-corrected chi connectivity index (χ2v) is 3.24. The summed E-state index contributed by atoms with van der Waals surface area (Å²) < 4.78 is 0. The first-order valence-electron chi connectivity index (χ1n) is 4.16. The molecular formula is C8H15NO2. The molecule has 2 atom stereocenters. The summed E-state index contributed by atoms with van der Waals surface area (Å²) in [5.74, 6) is -0.196. The van der Waals surface area contributed by atoms with E-state index in [0.29, 0.717) is 0 Å². The molecule has 0 saturated heterocycles. The normalized spacial score (nSPS) is 31.7. The molecule has 1 amide bonds. The van der Waals surface area contributed by atoms with Crippen LogP contribution < -0.4 is 5.73 Å². The Morgan fingerprint density at radius 3 is 2.55 bits per heavy atom. The molecule has 0 aromatic carbocycles. The molecule has 0 aromatic heterocycles. The van der Waals surface area contributed by atoms with Crippen molar-refractivity contribution in [2.24, 2.45) is 17.6 Å². The van der Waals surface area contributed by atoms with Crippen molar-refractivity contribution < 1.29 is 9.90 Å².